The molecule has 2 unspecified atom stereocenters. The monoisotopic (exact) mass is 207 g/mol. The summed E-state index contributed by atoms with van der Waals surface area (Å²) in [6.07, 6.45) is 10.4. The van der Waals surface area contributed by atoms with Crippen molar-refractivity contribution >= 4 is 0 Å². The molecule has 0 radical (unpaired) electrons. The number of nitrogens with one attached hydrogen (secondary N) is 1. The summed E-state index contributed by atoms with van der Waals surface area (Å²) in [7, 11) is 4.15. The zero-order chi connectivity index (χ0) is 10.7. The first-order valence-electron chi connectivity index (χ1n) is 5.93. The highest BCUT2D eigenvalue weighted by Crippen LogP contribution is 2.28. The largest absolute Gasteiger partial charge is 0.338 e. The fourth-order valence-corrected chi connectivity index (χ4v) is 2.57. The average molecular weight is 207 g/mol. The van der Waals surface area contributed by atoms with Crippen LogP contribution in [0.5, 0.6) is 0 Å². The van der Waals surface area contributed by atoms with Gasteiger partial charge in [-0.15, -0.1) is 0 Å². The molecule has 1 heterocycles. The Labute approximate surface area is 91.9 Å². The predicted octanol–water partition coefficient (Wildman–Crippen LogP) is 1.74. The fraction of sp³-hybridized carbons (Fsp3) is 0.750. The number of rotatable bonds is 4. The first kappa shape index (κ1) is 10.7. The van der Waals surface area contributed by atoms with Gasteiger partial charge >= 0.3 is 0 Å². The van der Waals surface area contributed by atoms with Crippen molar-refractivity contribution in [3.8, 4) is 0 Å². The number of aromatic nitrogens is 2. The molecule has 0 amide bonds. The molecule has 1 aliphatic rings. The van der Waals surface area contributed by atoms with Gasteiger partial charge in [0.05, 0.1) is 0 Å². The molecule has 0 saturated heterocycles. The molecule has 1 aromatic rings. The van der Waals surface area contributed by atoms with Gasteiger partial charge < -0.3 is 9.88 Å². The Bertz CT molecular complexity index is 306. The van der Waals surface area contributed by atoms with E-state index in [-0.39, 0.29) is 0 Å². The summed E-state index contributed by atoms with van der Waals surface area (Å²) in [4.78, 5) is 4.36. The third-order valence-electron chi connectivity index (χ3n) is 3.65. The molecule has 1 aromatic heterocycles. The smallest absolute Gasteiger partial charge is 0.108 e. The van der Waals surface area contributed by atoms with Crippen LogP contribution in [0.4, 0.5) is 0 Å². The lowest BCUT2D eigenvalue weighted by molar-refractivity contribution is 0.472. The molecule has 1 N–H and O–H groups in total. The van der Waals surface area contributed by atoms with Crippen LogP contribution in [-0.4, -0.2) is 22.6 Å². The molecule has 1 aliphatic carbocycles. The number of hydrogen-bond acceptors (Lipinski definition) is 2. The maximum absolute atomic E-state index is 4.36. The van der Waals surface area contributed by atoms with Crippen molar-refractivity contribution < 1.29 is 0 Å². The molecule has 0 spiro atoms. The second-order valence-electron chi connectivity index (χ2n) is 4.66. The Balaban J connectivity index is 1.77. The van der Waals surface area contributed by atoms with Gasteiger partial charge in [0.25, 0.3) is 0 Å². The summed E-state index contributed by atoms with van der Waals surface area (Å²) in [6.45, 7) is 0. The van der Waals surface area contributed by atoms with Gasteiger partial charge in [0, 0.05) is 31.9 Å². The molecule has 15 heavy (non-hydrogen) atoms. The van der Waals surface area contributed by atoms with E-state index in [0.717, 1.165) is 18.4 Å². The lowest BCUT2D eigenvalue weighted by atomic mass is 10.0. The molecular formula is C12H21N3. The van der Waals surface area contributed by atoms with Crippen molar-refractivity contribution in [2.45, 2.75) is 38.1 Å². The Morgan fingerprint density at radius 2 is 2.40 bits per heavy atom. The lowest BCUT2D eigenvalue weighted by Gasteiger charge is -2.10. The zero-order valence-corrected chi connectivity index (χ0v) is 9.74. The second kappa shape index (κ2) is 4.79. The summed E-state index contributed by atoms with van der Waals surface area (Å²) in [5, 5.41) is 3.38. The van der Waals surface area contributed by atoms with E-state index in [1.165, 1.54) is 31.5 Å². The van der Waals surface area contributed by atoms with Gasteiger partial charge in [0.1, 0.15) is 5.82 Å². The normalized spacial score (nSPS) is 26.0. The molecule has 2 atom stereocenters. The Morgan fingerprint density at radius 3 is 3.00 bits per heavy atom. The van der Waals surface area contributed by atoms with Crippen LogP contribution < -0.4 is 5.32 Å². The van der Waals surface area contributed by atoms with E-state index < -0.39 is 0 Å². The van der Waals surface area contributed by atoms with Gasteiger partial charge in [-0.1, -0.05) is 0 Å². The van der Waals surface area contributed by atoms with Crippen molar-refractivity contribution in [1.82, 2.24) is 14.9 Å². The van der Waals surface area contributed by atoms with Crippen molar-refractivity contribution in [3.63, 3.8) is 0 Å². The summed E-state index contributed by atoms with van der Waals surface area (Å²) in [5.74, 6) is 2.13. The van der Waals surface area contributed by atoms with Gasteiger partial charge in [-0.2, -0.15) is 0 Å². The van der Waals surface area contributed by atoms with Crippen LogP contribution in [0.3, 0.4) is 0 Å². The van der Waals surface area contributed by atoms with Crippen LogP contribution in [0.1, 0.15) is 31.5 Å². The standard InChI is InChI=1S/C12H21N3/c1-13-11-5-3-10(9-11)4-6-12-14-7-8-15(12)2/h7-8,10-11,13H,3-6,9H2,1-2H3. The Hall–Kier alpha value is -0.830. The summed E-state index contributed by atoms with van der Waals surface area (Å²) in [5.41, 5.74) is 0. The number of aryl methyl sites for hydroxylation is 2. The van der Waals surface area contributed by atoms with Crippen LogP contribution in [0.15, 0.2) is 12.4 Å². The third-order valence-corrected chi connectivity index (χ3v) is 3.65. The second-order valence-corrected chi connectivity index (χ2v) is 4.66. The first-order valence-corrected chi connectivity index (χ1v) is 5.93. The predicted molar refractivity (Wildman–Crippen MR) is 61.7 cm³/mol. The first-order chi connectivity index (χ1) is 7.29. The highest BCUT2D eigenvalue weighted by Gasteiger charge is 2.23. The van der Waals surface area contributed by atoms with E-state index in [1.54, 1.807) is 0 Å². The van der Waals surface area contributed by atoms with Crippen molar-refractivity contribution in [2.75, 3.05) is 7.05 Å². The minimum atomic E-state index is 0.761. The maximum Gasteiger partial charge on any atom is 0.108 e. The molecule has 1 saturated carbocycles. The topological polar surface area (TPSA) is 29.9 Å². The van der Waals surface area contributed by atoms with E-state index in [9.17, 15) is 0 Å². The van der Waals surface area contributed by atoms with Gasteiger partial charge in [-0.05, 0) is 38.6 Å². The van der Waals surface area contributed by atoms with Crippen LogP contribution in [0, 0.1) is 5.92 Å². The summed E-state index contributed by atoms with van der Waals surface area (Å²) in [6, 6.07) is 0.761. The van der Waals surface area contributed by atoms with Gasteiger partial charge in [0.2, 0.25) is 0 Å². The number of imidazole rings is 1. The molecule has 0 bridgehead atoms. The van der Waals surface area contributed by atoms with E-state index >= 15 is 0 Å². The van der Waals surface area contributed by atoms with E-state index in [2.05, 4.69) is 29.0 Å². The molecule has 3 nitrogen and oxygen atoms in total. The number of nitrogens with zero attached hydrogens (tertiary/aromatic N) is 2. The fourth-order valence-electron chi connectivity index (χ4n) is 2.57. The SMILES string of the molecule is CNC1CCC(CCc2nccn2C)C1. The highest BCUT2D eigenvalue weighted by atomic mass is 15.0. The third kappa shape index (κ3) is 2.59. The van der Waals surface area contributed by atoms with Crippen LogP contribution in [-0.2, 0) is 13.5 Å². The van der Waals surface area contributed by atoms with E-state index in [1.807, 2.05) is 12.4 Å². The summed E-state index contributed by atoms with van der Waals surface area (Å²) < 4.78 is 2.13. The van der Waals surface area contributed by atoms with E-state index in [4.69, 9.17) is 0 Å². The van der Waals surface area contributed by atoms with Crippen molar-refractivity contribution in [2.24, 2.45) is 13.0 Å². The van der Waals surface area contributed by atoms with E-state index in [0.29, 0.717) is 0 Å². The van der Waals surface area contributed by atoms with Gasteiger partial charge in [0.15, 0.2) is 0 Å². The molecule has 1 fully saturated rings. The Morgan fingerprint density at radius 1 is 1.53 bits per heavy atom. The van der Waals surface area contributed by atoms with Crippen LogP contribution in [0.25, 0.3) is 0 Å². The molecular weight excluding hydrogens is 186 g/mol. The molecule has 84 valence electrons. The van der Waals surface area contributed by atoms with Crippen LogP contribution in [0.2, 0.25) is 0 Å². The van der Waals surface area contributed by atoms with Crippen LogP contribution >= 0.6 is 0 Å². The van der Waals surface area contributed by atoms with Crippen molar-refractivity contribution in [1.29, 1.82) is 0 Å². The van der Waals surface area contributed by atoms with Gasteiger partial charge in [-0.25, -0.2) is 4.98 Å². The maximum atomic E-state index is 4.36. The number of hydrogen-bond donors (Lipinski definition) is 1. The minimum Gasteiger partial charge on any atom is -0.338 e. The highest BCUT2D eigenvalue weighted by molar-refractivity contribution is 4.92. The molecule has 0 aliphatic heterocycles. The quantitative estimate of drug-likeness (QED) is 0.815. The minimum absolute atomic E-state index is 0.761. The summed E-state index contributed by atoms with van der Waals surface area (Å²) >= 11 is 0. The van der Waals surface area contributed by atoms with Gasteiger partial charge in [-0.3, -0.25) is 0 Å². The zero-order valence-electron chi connectivity index (χ0n) is 9.74. The lowest BCUT2D eigenvalue weighted by Crippen LogP contribution is -2.21. The Kier molecular flexibility index (Phi) is 3.41. The average Bonchev–Trinajstić information content (AvgIpc) is 2.84. The molecule has 2 rings (SSSR count). The molecule has 0 aromatic carbocycles. The molecule has 3 heteroatoms. The van der Waals surface area contributed by atoms with Crippen molar-refractivity contribution in [3.05, 3.63) is 18.2 Å².